The Bertz CT molecular complexity index is 205. The van der Waals surface area contributed by atoms with Crippen molar-refractivity contribution in [3.63, 3.8) is 0 Å². The van der Waals surface area contributed by atoms with E-state index in [0.717, 1.165) is 6.42 Å². The second-order valence-corrected chi connectivity index (χ2v) is 3.72. The van der Waals surface area contributed by atoms with Crippen LogP contribution in [-0.4, -0.2) is 28.7 Å². The average molecular weight is 207 g/mol. The molecule has 1 rings (SSSR count). The van der Waals surface area contributed by atoms with Crippen LogP contribution in [0.4, 0.5) is 0 Å². The van der Waals surface area contributed by atoms with Crippen molar-refractivity contribution in [2.24, 2.45) is 4.99 Å². The topological polar surface area (TPSA) is 15.6 Å². The second-order valence-electron chi connectivity index (χ2n) is 2.83. The maximum atomic E-state index is 5.93. The van der Waals surface area contributed by atoms with Gasteiger partial charge in [0, 0.05) is 25.7 Å². The minimum atomic E-state index is 0.123. The second kappa shape index (κ2) is 4.15. The number of alkyl halides is 1. The van der Waals surface area contributed by atoms with Crippen LogP contribution in [0.3, 0.4) is 0 Å². The third-order valence-corrected chi connectivity index (χ3v) is 2.66. The highest BCUT2D eigenvalue weighted by atomic mass is 35.5. The number of rotatable bonds is 2. The van der Waals surface area contributed by atoms with Crippen molar-refractivity contribution in [1.29, 1.82) is 0 Å². The van der Waals surface area contributed by atoms with Crippen LogP contribution >= 0.6 is 23.2 Å². The monoisotopic (exact) mass is 206 g/mol. The number of nitrogens with zero attached hydrogens (tertiary/aromatic N) is 2. The molecule has 0 bridgehead atoms. The van der Waals surface area contributed by atoms with E-state index in [9.17, 15) is 0 Å². The van der Waals surface area contributed by atoms with Gasteiger partial charge in [-0.05, 0) is 13.0 Å². The van der Waals surface area contributed by atoms with Gasteiger partial charge in [-0.3, -0.25) is 4.99 Å². The van der Waals surface area contributed by atoms with Crippen LogP contribution in [0.25, 0.3) is 0 Å². The first-order chi connectivity index (χ1) is 5.65. The molecule has 68 valence electrons. The van der Waals surface area contributed by atoms with Gasteiger partial charge in [-0.2, -0.15) is 0 Å². The summed E-state index contributed by atoms with van der Waals surface area (Å²) in [5.41, 5.74) is 0.123. The molecule has 2 nitrogen and oxygen atoms in total. The molecule has 1 aliphatic rings. The van der Waals surface area contributed by atoms with Crippen molar-refractivity contribution in [3.05, 3.63) is 12.3 Å². The molecule has 2 unspecified atom stereocenters. The van der Waals surface area contributed by atoms with Gasteiger partial charge in [-0.15, -0.1) is 0 Å². The zero-order valence-electron chi connectivity index (χ0n) is 7.17. The van der Waals surface area contributed by atoms with E-state index in [4.69, 9.17) is 23.2 Å². The first-order valence-electron chi connectivity index (χ1n) is 3.87. The molecule has 0 N–H and O–H groups in total. The maximum absolute atomic E-state index is 5.93. The predicted molar refractivity (Wildman–Crippen MR) is 53.9 cm³/mol. The van der Waals surface area contributed by atoms with E-state index in [1.807, 2.05) is 6.20 Å². The molecular weight excluding hydrogens is 195 g/mol. The van der Waals surface area contributed by atoms with Gasteiger partial charge in [0.1, 0.15) is 10.7 Å². The Morgan fingerprint density at radius 3 is 2.75 bits per heavy atom. The highest BCUT2D eigenvalue weighted by Gasteiger charge is 2.30. The molecule has 0 radical (unpaired) electrons. The van der Waals surface area contributed by atoms with Crippen LogP contribution in [0.15, 0.2) is 17.3 Å². The molecule has 1 heterocycles. The largest absolute Gasteiger partial charge is 0.358 e. The zero-order valence-corrected chi connectivity index (χ0v) is 8.68. The standard InChI is InChI=1S/C8H12Cl2N2/c1-6-5-8(10)12(6)4-3-7(9)11-2/h3-4,6,8H,5H2,1-2H3/b4-3-,11-7+. The molecule has 0 aromatic heterocycles. The van der Waals surface area contributed by atoms with Gasteiger partial charge in [-0.25, -0.2) is 0 Å². The fraction of sp³-hybridized carbons (Fsp3) is 0.625. The summed E-state index contributed by atoms with van der Waals surface area (Å²) in [7, 11) is 1.66. The zero-order chi connectivity index (χ0) is 9.14. The Kier molecular flexibility index (Phi) is 3.41. The first-order valence-corrected chi connectivity index (χ1v) is 4.68. The molecule has 0 spiro atoms. The van der Waals surface area contributed by atoms with Crippen LogP contribution in [0, 0.1) is 0 Å². The van der Waals surface area contributed by atoms with E-state index in [1.54, 1.807) is 13.1 Å². The lowest BCUT2D eigenvalue weighted by Gasteiger charge is -2.43. The van der Waals surface area contributed by atoms with E-state index >= 15 is 0 Å². The van der Waals surface area contributed by atoms with Gasteiger partial charge < -0.3 is 4.90 Å². The molecule has 1 fully saturated rings. The SMILES string of the molecule is C/N=C(Cl)\C=C/N1C(C)CC1Cl. The van der Waals surface area contributed by atoms with Crippen molar-refractivity contribution in [1.82, 2.24) is 4.90 Å². The van der Waals surface area contributed by atoms with Crippen molar-refractivity contribution >= 4 is 28.4 Å². The minimum absolute atomic E-state index is 0.123. The van der Waals surface area contributed by atoms with Gasteiger partial charge in [0.25, 0.3) is 0 Å². The number of likely N-dealkylation sites (tertiary alicyclic amines) is 1. The van der Waals surface area contributed by atoms with Crippen molar-refractivity contribution in [3.8, 4) is 0 Å². The molecule has 0 amide bonds. The van der Waals surface area contributed by atoms with Gasteiger partial charge in [0.15, 0.2) is 0 Å². The Labute approximate surface area is 82.9 Å². The lowest BCUT2D eigenvalue weighted by Crippen LogP contribution is -2.47. The summed E-state index contributed by atoms with van der Waals surface area (Å²) in [6, 6.07) is 0.519. The molecule has 0 aromatic rings. The molecular formula is C8H12Cl2N2. The van der Waals surface area contributed by atoms with Gasteiger partial charge in [0.2, 0.25) is 0 Å². The average Bonchev–Trinajstić information content (AvgIpc) is 2.04. The highest BCUT2D eigenvalue weighted by Crippen LogP contribution is 2.28. The van der Waals surface area contributed by atoms with Crippen LogP contribution in [0.2, 0.25) is 0 Å². The van der Waals surface area contributed by atoms with Gasteiger partial charge in [0.05, 0.1) is 0 Å². The predicted octanol–water partition coefficient (Wildman–Crippen LogP) is 2.43. The fourth-order valence-corrected chi connectivity index (χ4v) is 1.70. The van der Waals surface area contributed by atoms with Crippen LogP contribution < -0.4 is 0 Å². The number of aliphatic imine (C=N–C) groups is 1. The normalized spacial score (nSPS) is 31.0. The van der Waals surface area contributed by atoms with E-state index < -0.39 is 0 Å². The fourth-order valence-electron chi connectivity index (χ4n) is 1.13. The lowest BCUT2D eigenvalue weighted by molar-refractivity contribution is 0.140. The third kappa shape index (κ3) is 2.14. The molecule has 2 atom stereocenters. The third-order valence-electron chi connectivity index (χ3n) is 1.97. The molecule has 1 aliphatic heterocycles. The lowest BCUT2D eigenvalue weighted by atomic mass is 10.1. The van der Waals surface area contributed by atoms with Crippen LogP contribution in [0.1, 0.15) is 13.3 Å². The molecule has 1 saturated heterocycles. The summed E-state index contributed by atoms with van der Waals surface area (Å²) in [6.07, 6.45) is 4.68. The summed E-state index contributed by atoms with van der Waals surface area (Å²) in [6.45, 7) is 2.13. The van der Waals surface area contributed by atoms with E-state index in [1.165, 1.54) is 0 Å². The first kappa shape index (κ1) is 9.87. The van der Waals surface area contributed by atoms with Crippen LogP contribution in [0.5, 0.6) is 0 Å². The summed E-state index contributed by atoms with van der Waals surface area (Å²) >= 11 is 11.6. The number of halogens is 2. The van der Waals surface area contributed by atoms with Crippen LogP contribution in [-0.2, 0) is 0 Å². The summed E-state index contributed by atoms with van der Waals surface area (Å²) in [4.78, 5) is 5.85. The summed E-state index contributed by atoms with van der Waals surface area (Å²) in [5.74, 6) is 0. The molecule has 0 aliphatic carbocycles. The molecule has 12 heavy (non-hydrogen) atoms. The highest BCUT2D eigenvalue weighted by molar-refractivity contribution is 6.68. The van der Waals surface area contributed by atoms with Crippen molar-refractivity contribution in [2.75, 3.05) is 7.05 Å². The smallest absolute Gasteiger partial charge is 0.124 e. The number of allylic oxidation sites excluding steroid dienone is 1. The quantitative estimate of drug-likeness (QED) is 0.385. The molecule has 0 saturated carbocycles. The molecule has 0 aromatic carbocycles. The van der Waals surface area contributed by atoms with Gasteiger partial charge in [-0.1, -0.05) is 23.2 Å². The van der Waals surface area contributed by atoms with E-state index in [2.05, 4.69) is 16.8 Å². The molecule has 4 heteroatoms. The van der Waals surface area contributed by atoms with Crippen molar-refractivity contribution in [2.45, 2.75) is 24.9 Å². The van der Waals surface area contributed by atoms with E-state index in [-0.39, 0.29) is 5.50 Å². The number of hydrogen-bond donors (Lipinski definition) is 0. The Morgan fingerprint density at radius 1 is 1.67 bits per heavy atom. The minimum Gasteiger partial charge on any atom is -0.358 e. The summed E-state index contributed by atoms with van der Waals surface area (Å²) in [5, 5.41) is 0.498. The summed E-state index contributed by atoms with van der Waals surface area (Å²) < 4.78 is 0. The Hall–Kier alpha value is -0.210. The Balaban J connectivity index is 2.45. The van der Waals surface area contributed by atoms with Crippen molar-refractivity contribution < 1.29 is 0 Å². The van der Waals surface area contributed by atoms with Gasteiger partial charge >= 0.3 is 0 Å². The van der Waals surface area contributed by atoms with E-state index in [0.29, 0.717) is 11.2 Å². The Morgan fingerprint density at radius 2 is 2.33 bits per heavy atom. The maximum Gasteiger partial charge on any atom is 0.124 e. The number of hydrogen-bond acceptors (Lipinski definition) is 2.